The maximum atomic E-state index is 12.4. The van der Waals surface area contributed by atoms with Gasteiger partial charge in [0.2, 0.25) is 0 Å². The standard InChI is InChI=1S/C22H31IN4O5/c1-22(2,3)32-21(29)26-14-8-6-13(7-9-14)25-18-15-10-17(23)27(12-30-4)19(15)24-11-16(18)20(28)31-5/h10-11,13-14H,6-9,12H2,1-5H3,(H,24,25)(H,26,29). The molecule has 2 N–H and O–H groups in total. The number of aromatic nitrogens is 2. The third-order valence-corrected chi connectivity index (χ3v) is 6.23. The zero-order chi connectivity index (χ0) is 23.5. The molecule has 0 aliphatic heterocycles. The Morgan fingerprint density at radius 2 is 1.84 bits per heavy atom. The van der Waals surface area contributed by atoms with Gasteiger partial charge in [-0.05, 0) is 75.1 Å². The number of carbonyl (C=O) groups is 2. The lowest BCUT2D eigenvalue weighted by Crippen LogP contribution is -2.42. The second kappa shape index (κ2) is 10.2. The Morgan fingerprint density at radius 3 is 2.44 bits per heavy atom. The molecule has 2 aromatic rings. The largest absolute Gasteiger partial charge is 0.465 e. The number of methoxy groups -OCH3 is 2. The fraction of sp³-hybridized carbons (Fsp3) is 0.591. The van der Waals surface area contributed by atoms with Crippen molar-refractivity contribution in [3.05, 3.63) is 21.5 Å². The van der Waals surface area contributed by atoms with Crippen LogP contribution in [0.5, 0.6) is 0 Å². The zero-order valence-electron chi connectivity index (χ0n) is 19.2. The second-order valence-electron chi connectivity index (χ2n) is 8.93. The molecule has 3 rings (SSSR count). The Kier molecular flexibility index (Phi) is 7.86. The first-order chi connectivity index (χ1) is 15.1. The Hall–Kier alpha value is -2.08. The molecular formula is C22H31IN4O5. The van der Waals surface area contributed by atoms with Gasteiger partial charge in [-0.3, -0.25) is 4.57 Å². The smallest absolute Gasteiger partial charge is 0.407 e. The van der Waals surface area contributed by atoms with Crippen LogP contribution in [-0.2, 0) is 20.9 Å². The van der Waals surface area contributed by atoms with Crippen molar-refractivity contribution in [2.24, 2.45) is 0 Å². The third kappa shape index (κ3) is 5.83. The summed E-state index contributed by atoms with van der Waals surface area (Å²) in [5.41, 5.74) is 1.35. The van der Waals surface area contributed by atoms with Crippen LogP contribution in [0.3, 0.4) is 0 Å². The normalized spacial score (nSPS) is 18.9. The summed E-state index contributed by atoms with van der Waals surface area (Å²) in [4.78, 5) is 29.0. The highest BCUT2D eigenvalue weighted by Crippen LogP contribution is 2.33. The van der Waals surface area contributed by atoms with E-state index in [1.54, 1.807) is 13.3 Å². The molecule has 10 heteroatoms. The molecule has 0 aromatic carbocycles. The number of alkyl carbamates (subject to hydrolysis) is 1. The van der Waals surface area contributed by atoms with E-state index in [-0.39, 0.29) is 18.2 Å². The number of amides is 1. The van der Waals surface area contributed by atoms with Gasteiger partial charge in [0.1, 0.15) is 23.5 Å². The number of esters is 1. The molecule has 1 fully saturated rings. The Labute approximate surface area is 201 Å². The zero-order valence-corrected chi connectivity index (χ0v) is 21.3. The lowest BCUT2D eigenvalue weighted by Gasteiger charge is -2.31. The average Bonchev–Trinajstić information content (AvgIpc) is 3.04. The summed E-state index contributed by atoms with van der Waals surface area (Å²) >= 11 is 2.23. The topological polar surface area (TPSA) is 104 Å². The molecule has 32 heavy (non-hydrogen) atoms. The molecule has 0 atom stereocenters. The number of halogens is 1. The first-order valence-electron chi connectivity index (χ1n) is 10.6. The van der Waals surface area contributed by atoms with Crippen LogP contribution in [0.4, 0.5) is 10.5 Å². The Balaban J connectivity index is 1.76. The highest BCUT2D eigenvalue weighted by atomic mass is 127. The highest BCUT2D eigenvalue weighted by Gasteiger charge is 2.27. The van der Waals surface area contributed by atoms with Gasteiger partial charge in [0, 0.05) is 30.8 Å². The number of ether oxygens (including phenoxy) is 3. The van der Waals surface area contributed by atoms with Gasteiger partial charge in [-0.1, -0.05) is 0 Å². The minimum atomic E-state index is -0.517. The van der Waals surface area contributed by atoms with E-state index >= 15 is 0 Å². The van der Waals surface area contributed by atoms with Crippen LogP contribution < -0.4 is 10.6 Å². The molecule has 1 aliphatic rings. The van der Waals surface area contributed by atoms with E-state index in [1.807, 2.05) is 31.4 Å². The van der Waals surface area contributed by atoms with Crippen molar-refractivity contribution in [3.8, 4) is 0 Å². The molecule has 1 aliphatic carbocycles. The van der Waals surface area contributed by atoms with Gasteiger partial charge in [-0.25, -0.2) is 14.6 Å². The van der Waals surface area contributed by atoms with Crippen LogP contribution >= 0.6 is 22.6 Å². The summed E-state index contributed by atoms with van der Waals surface area (Å²) < 4.78 is 18.6. The SMILES string of the molecule is COCn1c(I)cc2c(NC3CCC(NC(=O)OC(C)(C)C)CC3)c(C(=O)OC)cnc21. The minimum absolute atomic E-state index is 0.0733. The van der Waals surface area contributed by atoms with Crippen molar-refractivity contribution in [2.75, 3.05) is 19.5 Å². The summed E-state index contributed by atoms with van der Waals surface area (Å²) in [6, 6.07) is 2.22. The predicted molar refractivity (Wildman–Crippen MR) is 130 cm³/mol. The average molecular weight is 558 g/mol. The number of anilines is 1. The number of nitrogens with one attached hydrogen (secondary N) is 2. The van der Waals surface area contributed by atoms with E-state index in [1.165, 1.54) is 7.11 Å². The predicted octanol–water partition coefficient (Wildman–Crippen LogP) is 4.28. The number of carbonyl (C=O) groups excluding carboxylic acids is 2. The third-order valence-electron chi connectivity index (χ3n) is 5.33. The lowest BCUT2D eigenvalue weighted by molar-refractivity contribution is 0.0491. The number of pyridine rings is 1. The van der Waals surface area contributed by atoms with Gasteiger partial charge in [0.25, 0.3) is 0 Å². The number of hydrogen-bond acceptors (Lipinski definition) is 7. The minimum Gasteiger partial charge on any atom is -0.465 e. The van der Waals surface area contributed by atoms with E-state index in [4.69, 9.17) is 14.2 Å². The van der Waals surface area contributed by atoms with E-state index in [9.17, 15) is 9.59 Å². The summed E-state index contributed by atoms with van der Waals surface area (Å²) in [6.45, 7) is 5.92. The van der Waals surface area contributed by atoms with Gasteiger partial charge in [-0.15, -0.1) is 0 Å². The van der Waals surface area contributed by atoms with Crippen molar-refractivity contribution in [1.82, 2.24) is 14.9 Å². The van der Waals surface area contributed by atoms with Crippen molar-refractivity contribution < 1.29 is 23.8 Å². The summed E-state index contributed by atoms with van der Waals surface area (Å²) in [5.74, 6) is -0.434. The molecule has 176 valence electrons. The van der Waals surface area contributed by atoms with E-state index in [0.717, 1.165) is 46.1 Å². The van der Waals surface area contributed by atoms with Gasteiger partial charge < -0.3 is 24.8 Å². The fourth-order valence-electron chi connectivity index (χ4n) is 3.90. The number of fused-ring (bicyclic) bond motifs is 1. The van der Waals surface area contributed by atoms with Crippen molar-refractivity contribution >= 4 is 51.4 Å². The van der Waals surface area contributed by atoms with Crippen LogP contribution in [0.2, 0.25) is 0 Å². The van der Waals surface area contributed by atoms with E-state index in [2.05, 4.69) is 38.2 Å². The molecule has 9 nitrogen and oxygen atoms in total. The quantitative estimate of drug-likeness (QED) is 0.403. The molecule has 1 amide bonds. The number of hydrogen-bond donors (Lipinski definition) is 2. The molecule has 0 bridgehead atoms. The molecule has 0 saturated heterocycles. The molecule has 2 aromatic heterocycles. The van der Waals surface area contributed by atoms with Gasteiger partial charge in [0.15, 0.2) is 0 Å². The van der Waals surface area contributed by atoms with Crippen LogP contribution in [0.1, 0.15) is 56.8 Å². The first kappa shape index (κ1) is 24.6. The maximum absolute atomic E-state index is 12.4. The second-order valence-corrected chi connectivity index (χ2v) is 10.0. The Bertz CT molecular complexity index is 977. The van der Waals surface area contributed by atoms with E-state index < -0.39 is 11.6 Å². The van der Waals surface area contributed by atoms with E-state index in [0.29, 0.717) is 12.3 Å². The molecule has 0 spiro atoms. The van der Waals surface area contributed by atoms with Crippen LogP contribution in [0, 0.1) is 3.70 Å². The maximum Gasteiger partial charge on any atom is 0.407 e. The van der Waals surface area contributed by atoms with Crippen molar-refractivity contribution in [1.29, 1.82) is 0 Å². The molecule has 0 radical (unpaired) electrons. The highest BCUT2D eigenvalue weighted by molar-refractivity contribution is 14.1. The molecule has 0 unspecified atom stereocenters. The van der Waals surface area contributed by atoms with Gasteiger partial charge >= 0.3 is 12.1 Å². The van der Waals surface area contributed by atoms with Crippen LogP contribution in [-0.4, -0.2) is 53.5 Å². The first-order valence-corrected chi connectivity index (χ1v) is 11.7. The number of nitrogens with zero attached hydrogens (tertiary/aromatic N) is 2. The van der Waals surface area contributed by atoms with Crippen molar-refractivity contribution in [2.45, 2.75) is 70.9 Å². The molecule has 2 heterocycles. The van der Waals surface area contributed by atoms with Crippen LogP contribution in [0.15, 0.2) is 12.3 Å². The van der Waals surface area contributed by atoms with Crippen molar-refractivity contribution in [3.63, 3.8) is 0 Å². The summed E-state index contributed by atoms with van der Waals surface area (Å²) in [7, 11) is 3.00. The van der Waals surface area contributed by atoms with Gasteiger partial charge in [-0.2, -0.15) is 0 Å². The lowest BCUT2D eigenvalue weighted by atomic mass is 9.91. The monoisotopic (exact) mass is 558 g/mol. The summed E-state index contributed by atoms with van der Waals surface area (Å²) in [5, 5.41) is 7.37. The summed E-state index contributed by atoms with van der Waals surface area (Å²) in [6.07, 6.45) is 4.50. The Morgan fingerprint density at radius 1 is 1.19 bits per heavy atom. The fourth-order valence-corrected chi connectivity index (χ4v) is 4.58. The molecular weight excluding hydrogens is 527 g/mol. The molecule has 1 saturated carbocycles. The van der Waals surface area contributed by atoms with Gasteiger partial charge in [0.05, 0.1) is 16.5 Å². The van der Waals surface area contributed by atoms with Crippen LogP contribution in [0.25, 0.3) is 11.0 Å². The number of rotatable bonds is 6.